The van der Waals surface area contributed by atoms with Crippen LogP contribution >= 0.6 is 11.6 Å². The van der Waals surface area contributed by atoms with Crippen molar-refractivity contribution >= 4 is 34.2 Å². The summed E-state index contributed by atoms with van der Waals surface area (Å²) in [5.74, 6) is 1.13. The number of fused-ring (bicyclic) bond motifs is 1. The fourth-order valence-electron chi connectivity index (χ4n) is 3.48. The fraction of sp³-hybridized carbons (Fsp3) is 0.200. The Labute approximate surface area is 151 Å². The Bertz CT molecular complexity index is 945. The number of nitrogens with zero attached hydrogens (tertiary/aromatic N) is 3. The highest BCUT2D eigenvalue weighted by Gasteiger charge is 2.34. The van der Waals surface area contributed by atoms with Crippen molar-refractivity contribution < 1.29 is 4.79 Å². The molecule has 1 atom stereocenters. The van der Waals surface area contributed by atoms with E-state index in [1.54, 1.807) is 0 Å². The van der Waals surface area contributed by atoms with Crippen LogP contribution in [0.5, 0.6) is 0 Å². The van der Waals surface area contributed by atoms with Crippen LogP contribution in [0, 0.1) is 0 Å². The Hall–Kier alpha value is -2.59. The number of aromatic nitrogens is 2. The predicted molar refractivity (Wildman–Crippen MR) is 101 cm³/mol. The van der Waals surface area contributed by atoms with Gasteiger partial charge in [-0.2, -0.15) is 0 Å². The molecule has 2 heterocycles. The Morgan fingerprint density at radius 2 is 1.96 bits per heavy atom. The molecule has 1 unspecified atom stereocenters. The maximum absolute atomic E-state index is 12.6. The lowest BCUT2D eigenvalue weighted by atomic mass is 10.1. The first kappa shape index (κ1) is 15.9. The molecule has 1 fully saturated rings. The molecule has 1 aliphatic heterocycles. The van der Waals surface area contributed by atoms with Gasteiger partial charge in [-0.1, -0.05) is 29.8 Å². The van der Waals surface area contributed by atoms with Crippen molar-refractivity contribution in [3.05, 3.63) is 72.0 Å². The zero-order chi connectivity index (χ0) is 17.4. The highest BCUT2D eigenvalue weighted by atomic mass is 35.5. The summed E-state index contributed by atoms with van der Waals surface area (Å²) in [6.45, 7) is 5.17. The molecule has 25 heavy (non-hydrogen) atoms. The molecule has 1 amide bonds. The van der Waals surface area contributed by atoms with Crippen LogP contribution in [0.3, 0.4) is 0 Å². The molecule has 1 aromatic heterocycles. The van der Waals surface area contributed by atoms with Crippen LogP contribution in [0.4, 0.5) is 5.69 Å². The lowest BCUT2D eigenvalue weighted by molar-refractivity contribution is -0.117. The number of allylic oxidation sites excluding steroid dienone is 1. The fourth-order valence-corrected chi connectivity index (χ4v) is 3.60. The van der Waals surface area contributed by atoms with Gasteiger partial charge in [-0.05, 0) is 36.4 Å². The Balaban J connectivity index is 1.70. The number of rotatable bonds is 4. The number of amides is 1. The molecule has 3 aromatic rings. The van der Waals surface area contributed by atoms with Crippen LogP contribution in [-0.2, 0) is 11.3 Å². The first-order valence-electron chi connectivity index (χ1n) is 8.29. The van der Waals surface area contributed by atoms with E-state index < -0.39 is 0 Å². The second kappa shape index (κ2) is 6.37. The van der Waals surface area contributed by atoms with Gasteiger partial charge in [0.25, 0.3) is 0 Å². The van der Waals surface area contributed by atoms with Gasteiger partial charge in [-0.25, -0.2) is 4.98 Å². The van der Waals surface area contributed by atoms with Gasteiger partial charge in [0.15, 0.2) is 0 Å². The quantitative estimate of drug-likeness (QED) is 0.653. The van der Waals surface area contributed by atoms with Crippen molar-refractivity contribution in [1.29, 1.82) is 0 Å². The topological polar surface area (TPSA) is 38.1 Å². The first-order valence-corrected chi connectivity index (χ1v) is 8.67. The van der Waals surface area contributed by atoms with Crippen molar-refractivity contribution in [1.82, 2.24) is 9.55 Å². The molecule has 0 radical (unpaired) electrons. The molecule has 0 spiro atoms. The number of anilines is 1. The van der Waals surface area contributed by atoms with E-state index in [9.17, 15) is 4.79 Å². The summed E-state index contributed by atoms with van der Waals surface area (Å²) in [6, 6.07) is 15.4. The molecule has 0 N–H and O–H groups in total. The Kier molecular flexibility index (Phi) is 4.06. The largest absolute Gasteiger partial charge is 0.324 e. The van der Waals surface area contributed by atoms with E-state index in [-0.39, 0.29) is 11.8 Å². The Morgan fingerprint density at radius 3 is 2.72 bits per heavy atom. The van der Waals surface area contributed by atoms with Crippen LogP contribution in [0.15, 0.2) is 61.2 Å². The van der Waals surface area contributed by atoms with Gasteiger partial charge < -0.3 is 9.47 Å². The maximum Gasteiger partial charge on any atom is 0.227 e. The van der Waals surface area contributed by atoms with E-state index in [1.165, 1.54) is 0 Å². The molecule has 0 bridgehead atoms. The number of carbonyl (C=O) groups is 1. The lowest BCUT2D eigenvalue weighted by Gasteiger charge is -2.17. The number of halogens is 1. The van der Waals surface area contributed by atoms with Crippen LogP contribution in [0.2, 0.25) is 5.02 Å². The van der Waals surface area contributed by atoms with E-state index in [1.807, 2.05) is 53.4 Å². The second-order valence-corrected chi connectivity index (χ2v) is 6.68. The van der Waals surface area contributed by atoms with Gasteiger partial charge in [0.05, 0.1) is 11.0 Å². The summed E-state index contributed by atoms with van der Waals surface area (Å²) >= 11 is 5.95. The highest BCUT2D eigenvalue weighted by molar-refractivity contribution is 6.30. The molecule has 2 aromatic carbocycles. The smallest absolute Gasteiger partial charge is 0.227 e. The maximum atomic E-state index is 12.6. The number of benzene rings is 2. The standard InChI is InChI=1S/C20H18ClN3O/c1-2-11-23-18-6-4-3-5-17(18)22-20(23)14-12-19(25)24(13-14)16-9-7-15(21)8-10-16/h2-10,14H,1,11-13H2. The van der Waals surface area contributed by atoms with Crippen molar-refractivity contribution in [2.75, 3.05) is 11.4 Å². The van der Waals surface area contributed by atoms with Gasteiger partial charge in [0.2, 0.25) is 5.91 Å². The van der Waals surface area contributed by atoms with Gasteiger partial charge in [-0.15, -0.1) is 6.58 Å². The number of hydrogen-bond acceptors (Lipinski definition) is 2. The van der Waals surface area contributed by atoms with Gasteiger partial charge in [0.1, 0.15) is 5.82 Å². The lowest BCUT2D eigenvalue weighted by Crippen LogP contribution is -2.24. The molecular weight excluding hydrogens is 334 g/mol. The minimum absolute atomic E-state index is 0.0653. The van der Waals surface area contributed by atoms with E-state index in [2.05, 4.69) is 17.2 Å². The van der Waals surface area contributed by atoms with Crippen LogP contribution < -0.4 is 4.90 Å². The van der Waals surface area contributed by atoms with E-state index >= 15 is 0 Å². The number of carbonyl (C=O) groups excluding carboxylic acids is 1. The van der Waals surface area contributed by atoms with Crippen molar-refractivity contribution in [2.24, 2.45) is 0 Å². The van der Waals surface area contributed by atoms with E-state index in [0.717, 1.165) is 22.5 Å². The minimum atomic E-state index is 0.0653. The molecular formula is C20H18ClN3O. The zero-order valence-electron chi connectivity index (χ0n) is 13.7. The molecule has 4 nitrogen and oxygen atoms in total. The van der Waals surface area contributed by atoms with Crippen molar-refractivity contribution in [3.8, 4) is 0 Å². The summed E-state index contributed by atoms with van der Waals surface area (Å²) in [7, 11) is 0. The summed E-state index contributed by atoms with van der Waals surface area (Å²) in [4.78, 5) is 19.2. The molecule has 1 aliphatic rings. The second-order valence-electron chi connectivity index (χ2n) is 6.24. The third-order valence-electron chi connectivity index (χ3n) is 4.62. The van der Waals surface area contributed by atoms with Crippen molar-refractivity contribution in [2.45, 2.75) is 18.9 Å². The van der Waals surface area contributed by atoms with E-state index in [4.69, 9.17) is 16.6 Å². The number of hydrogen-bond donors (Lipinski definition) is 0. The molecule has 0 aliphatic carbocycles. The molecule has 126 valence electrons. The predicted octanol–water partition coefficient (Wildman–Crippen LogP) is 4.40. The summed E-state index contributed by atoms with van der Waals surface area (Å²) in [6.07, 6.45) is 2.33. The third kappa shape index (κ3) is 2.83. The normalized spacial score (nSPS) is 17.4. The highest BCUT2D eigenvalue weighted by Crippen LogP contribution is 2.33. The van der Waals surface area contributed by atoms with Gasteiger partial charge in [0, 0.05) is 36.1 Å². The van der Waals surface area contributed by atoms with Gasteiger partial charge >= 0.3 is 0 Å². The number of imidazole rings is 1. The Morgan fingerprint density at radius 1 is 1.20 bits per heavy atom. The molecule has 1 saturated heterocycles. The van der Waals surface area contributed by atoms with E-state index in [0.29, 0.717) is 24.5 Å². The zero-order valence-corrected chi connectivity index (χ0v) is 14.5. The molecule has 4 rings (SSSR count). The minimum Gasteiger partial charge on any atom is -0.324 e. The van der Waals surface area contributed by atoms with Crippen LogP contribution in [0.1, 0.15) is 18.2 Å². The summed E-state index contributed by atoms with van der Waals surface area (Å²) < 4.78 is 2.16. The average Bonchev–Trinajstić information content (AvgIpc) is 3.17. The summed E-state index contributed by atoms with van der Waals surface area (Å²) in [5, 5.41) is 0.666. The summed E-state index contributed by atoms with van der Waals surface area (Å²) in [5.41, 5.74) is 2.91. The molecule has 5 heteroatoms. The first-order chi connectivity index (χ1) is 12.2. The van der Waals surface area contributed by atoms with Crippen LogP contribution in [0.25, 0.3) is 11.0 Å². The van der Waals surface area contributed by atoms with Crippen molar-refractivity contribution in [3.63, 3.8) is 0 Å². The van der Waals surface area contributed by atoms with Crippen LogP contribution in [-0.4, -0.2) is 22.0 Å². The average molecular weight is 352 g/mol. The number of para-hydroxylation sites is 2. The monoisotopic (exact) mass is 351 g/mol. The molecule has 0 saturated carbocycles. The third-order valence-corrected chi connectivity index (χ3v) is 4.88. The SMILES string of the molecule is C=CCn1c(C2CC(=O)N(c3ccc(Cl)cc3)C2)nc2ccccc21. The van der Waals surface area contributed by atoms with Gasteiger partial charge in [-0.3, -0.25) is 4.79 Å².